The van der Waals surface area contributed by atoms with E-state index in [1.165, 1.54) is 37.3 Å². The van der Waals surface area contributed by atoms with Crippen LogP contribution in [0.4, 0.5) is 11.4 Å². The highest BCUT2D eigenvalue weighted by molar-refractivity contribution is 5.58. The van der Waals surface area contributed by atoms with Crippen LogP contribution >= 0.6 is 0 Å². The number of hydrogen-bond donors (Lipinski definition) is 1. The third-order valence-corrected chi connectivity index (χ3v) is 4.80. The van der Waals surface area contributed by atoms with Gasteiger partial charge in [-0.1, -0.05) is 6.07 Å². The molecule has 0 atom stereocenters. The highest BCUT2D eigenvalue weighted by Gasteiger charge is 2.17. The van der Waals surface area contributed by atoms with E-state index in [9.17, 15) is 0 Å². The van der Waals surface area contributed by atoms with E-state index in [1.807, 2.05) is 0 Å². The van der Waals surface area contributed by atoms with Crippen molar-refractivity contribution >= 4 is 11.4 Å². The van der Waals surface area contributed by atoms with E-state index in [2.05, 4.69) is 58.4 Å². The molecule has 4 heteroatoms. The summed E-state index contributed by atoms with van der Waals surface area (Å²) in [5, 5.41) is 3.73. The number of likely N-dealkylation sites (N-methyl/N-ethyl adjacent to an activating group) is 1. The maximum atomic E-state index is 3.73. The topological polar surface area (TPSA) is 21.8 Å². The number of likely N-dealkylation sites (tertiary alicyclic amines) is 1. The summed E-state index contributed by atoms with van der Waals surface area (Å²) in [5.74, 6) is 0. The van der Waals surface area contributed by atoms with Crippen molar-refractivity contribution in [3.8, 4) is 0 Å². The normalized spacial score (nSPS) is 22.5. The Bertz CT molecular complexity index is 446. The Morgan fingerprint density at radius 1 is 0.905 bits per heavy atom. The largest absolute Gasteiger partial charge is 0.382 e. The van der Waals surface area contributed by atoms with E-state index >= 15 is 0 Å². The molecule has 0 aromatic heterocycles. The summed E-state index contributed by atoms with van der Waals surface area (Å²) in [6.45, 7) is 6.99. The van der Waals surface area contributed by atoms with Crippen molar-refractivity contribution in [2.24, 2.45) is 0 Å². The second-order valence-electron chi connectivity index (χ2n) is 6.56. The molecule has 2 fully saturated rings. The molecule has 4 nitrogen and oxygen atoms in total. The van der Waals surface area contributed by atoms with E-state index in [4.69, 9.17) is 0 Å². The van der Waals surface area contributed by atoms with Crippen molar-refractivity contribution in [2.45, 2.75) is 18.9 Å². The van der Waals surface area contributed by atoms with Crippen molar-refractivity contribution in [3.05, 3.63) is 24.3 Å². The lowest BCUT2D eigenvalue weighted by Gasteiger charge is -2.34. The Hall–Kier alpha value is -1.26. The van der Waals surface area contributed by atoms with Gasteiger partial charge in [-0.2, -0.15) is 0 Å². The maximum Gasteiger partial charge on any atom is 0.0387 e. The summed E-state index contributed by atoms with van der Waals surface area (Å²) in [5.41, 5.74) is 2.64. The molecular formula is C17H28N4. The van der Waals surface area contributed by atoms with Crippen LogP contribution in [0.5, 0.6) is 0 Å². The van der Waals surface area contributed by atoms with Crippen LogP contribution in [0.25, 0.3) is 0 Å². The van der Waals surface area contributed by atoms with E-state index < -0.39 is 0 Å². The molecule has 2 heterocycles. The van der Waals surface area contributed by atoms with Crippen molar-refractivity contribution in [1.29, 1.82) is 0 Å². The van der Waals surface area contributed by atoms with Gasteiger partial charge >= 0.3 is 0 Å². The molecule has 0 spiro atoms. The van der Waals surface area contributed by atoms with Crippen molar-refractivity contribution in [2.75, 3.05) is 63.6 Å². The van der Waals surface area contributed by atoms with Crippen LogP contribution in [-0.4, -0.2) is 69.2 Å². The van der Waals surface area contributed by atoms with Gasteiger partial charge in [-0.25, -0.2) is 0 Å². The zero-order chi connectivity index (χ0) is 14.7. The van der Waals surface area contributed by atoms with Crippen LogP contribution < -0.4 is 10.2 Å². The minimum Gasteiger partial charge on any atom is -0.382 e. The molecule has 2 aliphatic rings. The highest BCUT2D eigenvalue weighted by Crippen LogP contribution is 2.23. The lowest BCUT2D eigenvalue weighted by Crippen LogP contribution is -2.44. The Morgan fingerprint density at radius 2 is 1.57 bits per heavy atom. The quantitative estimate of drug-likeness (QED) is 0.917. The summed E-state index contributed by atoms with van der Waals surface area (Å²) in [6, 6.07) is 9.58. The molecular weight excluding hydrogens is 260 g/mol. The fourth-order valence-electron chi connectivity index (χ4n) is 3.25. The standard InChI is InChI=1S/C17H28N4/c1-19-8-6-15(7-9-19)18-16-4-3-5-17(14-16)21-12-10-20(2)11-13-21/h3-5,14-15,18H,6-13H2,1-2H3. The van der Waals surface area contributed by atoms with E-state index in [1.54, 1.807) is 0 Å². The molecule has 1 aromatic rings. The number of piperazine rings is 1. The summed E-state index contributed by atoms with van der Waals surface area (Å²) >= 11 is 0. The minimum absolute atomic E-state index is 0.629. The first-order chi connectivity index (χ1) is 10.2. The third kappa shape index (κ3) is 3.89. The highest BCUT2D eigenvalue weighted by atomic mass is 15.2. The number of rotatable bonds is 3. The average molecular weight is 288 g/mol. The van der Waals surface area contributed by atoms with Gasteiger partial charge in [0.05, 0.1) is 0 Å². The van der Waals surface area contributed by atoms with Gasteiger partial charge in [0.2, 0.25) is 0 Å². The number of anilines is 2. The summed E-state index contributed by atoms with van der Waals surface area (Å²) in [4.78, 5) is 7.32. The van der Waals surface area contributed by atoms with Crippen molar-refractivity contribution < 1.29 is 0 Å². The van der Waals surface area contributed by atoms with Crippen LogP contribution in [0.15, 0.2) is 24.3 Å². The molecule has 3 rings (SSSR count). The van der Waals surface area contributed by atoms with Gasteiger partial charge in [0.15, 0.2) is 0 Å². The number of nitrogens with one attached hydrogen (secondary N) is 1. The van der Waals surface area contributed by atoms with Gasteiger partial charge < -0.3 is 20.0 Å². The third-order valence-electron chi connectivity index (χ3n) is 4.80. The Kier molecular flexibility index (Phi) is 4.66. The molecule has 0 saturated carbocycles. The fourth-order valence-corrected chi connectivity index (χ4v) is 3.25. The molecule has 0 bridgehead atoms. The zero-order valence-electron chi connectivity index (χ0n) is 13.4. The summed E-state index contributed by atoms with van der Waals surface area (Å²) < 4.78 is 0. The lowest BCUT2D eigenvalue weighted by atomic mass is 10.1. The molecule has 0 aliphatic carbocycles. The maximum absolute atomic E-state index is 3.73. The van der Waals surface area contributed by atoms with Crippen LogP contribution in [0.1, 0.15) is 12.8 Å². The number of nitrogens with zero attached hydrogens (tertiary/aromatic N) is 3. The predicted molar refractivity (Wildman–Crippen MR) is 90.3 cm³/mol. The first-order valence-electron chi connectivity index (χ1n) is 8.19. The molecule has 2 aliphatic heterocycles. The van der Waals surface area contributed by atoms with Gasteiger partial charge in [0, 0.05) is 43.6 Å². The second kappa shape index (κ2) is 6.67. The van der Waals surface area contributed by atoms with Crippen LogP contribution in [0.3, 0.4) is 0 Å². The van der Waals surface area contributed by atoms with Crippen molar-refractivity contribution in [1.82, 2.24) is 9.80 Å². The fraction of sp³-hybridized carbons (Fsp3) is 0.647. The molecule has 0 unspecified atom stereocenters. The van der Waals surface area contributed by atoms with E-state index in [-0.39, 0.29) is 0 Å². The molecule has 21 heavy (non-hydrogen) atoms. The van der Waals surface area contributed by atoms with Crippen LogP contribution in [-0.2, 0) is 0 Å². The van der Waals surface area contributed by atoms with Crippen LogP contribution in [0, 0.1) is 0 Å². The van der Waals surface area contributed by atoms with E-state index in [0.717, 1.165) is 26.2 Å². The smallest absolute Gasteiger partial charge is 0.0387 e. The summed E-state index contributed by atoms with van der Waals surface area (Å²) in [7, 11) is 4.42. The molecule has 1 aromatic carbocycles. The van der Waals surface area contributed by atoms with Gasteiger partial charge in [-0.05, 0) is 58.2 Å². The number of benzene rings is 1. The van der Waals surface area contributed by atoms with Crippen molar-refractivity contribution in [3.63, 3.8) is 0 Å². The first-order valence-corrected chi connectivity index (χ1v) is 8.19. The Balaban J connectivity index is 1.60. The average Bonchev–Trinajstić information content (AvgIpc) is 2.51. The second-order valence-corrected chi connectivity index (χ2v) is 6.56. The van der Waals surface area contributed by atoms with E-state index in [0.29, 0.717) is 6.04 Å². The Labute approximate surface area is 128 Å². The molecule has 1 N–H and O–H groups in total. The first kappa shape index (κ1) is 14.7. The SMILES string of the molecule is CN1CCC(Nc2cccc(N3CCN(C)CC3)c2)CC1. The van der Waals surface area contributed by atoms with Gasteiger partial charge in [-0.3, -0.25) is 0 Å². The minimum atomic E-state index is 0.629. The lowest BCUT2D eigenvalue weighted by molar-refractivity contribution is 0.264. The van der Waals surface area contributed by atoms with Gasteiger partial charge in [-0.15, -0.1) is 0 Å². The molecule has 0 amide bonds. The number of hydrogen-bond acceptors (Lipinski definition) is 4. The van der Waals surface area contributed by atoms with Gasteiger partial charge in [0.1, 0.15) is 0 Å². The van der Waals surface area contributed by atoms with Gasteiger partial charge in [0.25, 0.3) is 0 Å². The molecule has 0 radical (unpaired) electrons. The zero-order valence-corrected chi connectivity index (χ0v) is 13.4. The monoisotopic (exact) mass is 288 g/mol. The molecule has 116 valence electrons. The molecule has 2 saturated heterocycles. The summed E-state index contributed by atoms with van der Waals surface area (Å²) in [6.07, 6.45) is 2.49. The van der Waals surface area contributed by atoms with Crippen LogP contribution in [0.2, 0.25) is 0 Å². The Morgan fingerprint density at radius 3 is 2.29 bits per heavy atom. The number of piperidine rings is 1. The predicted octanol–water partition coefficient (Wildman–Crippen LogP) is 1.94.